The van der Waals surface area contributed by atoms with E-state index in [0.29, 0.717) is 18.4 Å². The molecule has 0 bridgehead atoms. The van der Waals surface area contributed by atoms with Crippen molar-refractivity contribution < 1.29 is 0 Å². The monoisotopic (exact) mass is 262 g/mol. The Bertz CT molecular complexity index is 558. The summed E-state index contributed by atoms with van der Waals surface area (Å²) < 4.78 is 3.77. The van der Waals surface area contributed by atoms with Crippen LogP contribution in [-0.4, -0.2) is 24.8 Å². The smallest absolute Gasteiger partial charge is 0.169 e. The summed E-state index contributed by atoms with van der Waals surface area (Å²) in [6.07, 6.45) is 1.98. The van der Waals surface area contributed by atoms with Crippen LogP contribution < -0.4 is 5.73 Å². The first-order valence-electron chi connectivity index (χ1n) is 6.52. The second-order valence-electron chi connectivity index (χ2n) is 6.11. The zero-order valence-electron chi connectivity index (χ0n) is 12.3. The lowest BCUT2D eigenvalue weighted by molar-refractivity contribution is 0.488. The van der Waals surface area contributed by atoms with Crippen LogP contribution in [0.1, 0.15) is 52.0 Å². The summed E-state index contributed by atoms with van der Waals surface area (Å²) in [6, 6.07) is 2.36. The molecule has 0 aliphatic carbocycles. The van der Waals surface area contributed by atoms with Crippen LogP contribution in [0.2, 0.25) is 0 Å². The summed E-state index contributed by atoms with van der Waals surface area (Å²) in [4.78, 5) is 0. The van der Waals surface area contributed by atoms with Gasteiger partial charge in [-0.3, -0.25) is 4.68 Å². The quantitative estimate of drug-likeness (QED) is 0.917. The van der Waals surface area contributed by atoms with Crippen LogP contribution in [0.3, 0.4) is 0 Å². The second kappa shape index (κ2) is 4.68. The molecule has 2 aromatic heterocycles. The van der Waals surface area contributed by atoms with Gasteiger partial charge in [0.2, 0.25) is 0 Å². The molecule has 2 rings (SSSR count). The number of rotatable bonds is 3. The molecule has 6 heteroatoms. The van der Waals surface area contributed by atoms with Gasteiger partial charge in [-0.05, 0) is 19.9 Å². The molecule has 0 spiro atoms. The highest BCUT2D eigenvalue weighted by atomic mass is 15.5. The third-order valence-electron chi connectivity index (χ3n) is 2.98. The zero-order valence-corrected chi connectivity index (χ0v) is 12.3. The van der Waals surface area contributed by atoms with Gasteiger partial charge in [-0.25, -0.2) is 4.68 Å². The molecule has 0 saturated carbocycles. The zero-order chi connectivity index (χ0) is 14.2. The Hall–Kier alpha value is -1.85. The molecule has 19 heavy (non-hydrogen) atoms. The lowest BCUT2D eigenvalue weighted by atomic mass is 9.92. The van der Waals surface area contributed by atoms with Crippen LogP contribution in [-0.2, 0) is 12.0 Å². The van der Waals surface area contributed by atoms with Crippen LogP contribution in [0.25, 0.3) is 0 Å². The van der Waals surface area contributed by atoms with E-state index in [0.717, 1.165) is 11.4 Å². The number of aromatic nitrogens is 5. The van der Waals surface area contributed by atoms with Gasteiger partial charge in [-0.15, -0.1) is 5.10 Å². The SMILES string of the molecule is CC(C)n1ccc(Cn2nnc(N)c2C(C)(C)C)n1. The molecule has 104 valence electrons. The molecule has 0 aliphatic heterocycles. The Morgan fingerprint density at radius 1 is 1.32 bits per heavy atom. The average molecular weight is 262 g/mol. The molecule has 0 amide bonds. The van der Waals surface area contributed by atoms with Gasteiger partial charge in [-0.2, -0.15) is 5.10 Å². The Balaban J connectivity index is 2.28. The fraction of sp³-hybridized carbons (Fsp3) is 0.615. The largest absolute Gasteiger partial charge is 0.381 e. The van der Waals surface area contributed by atoms with Gasteiger partial charge in [0, 0.05) is 17.7 Å². The predicted octanol–water partition coefficient (Wildman–Crippen LogP) is 1.98. The molecular weight excluding hydrogens is 240 g/mol. The molecule has 2 aromatic rings. The highest BCUT2D eigenvalue weighted by Gasteiger charge is 2.24. The third kappa shape index (κ3) is 2.77. The van der Waals surface area contributed by atoms with Gasteiger partial charge in [-0.1, -0.05) is 26.0 Å². The number of nitrogens with two attached hydrogens (primary N) is 1. The lowest BCUT2D eigenvalue weighted by Gasteiger charge is -2.19. The molecule has 0 unspecified atom stereocenters. The van der Waals surface area contributed by atoms with Crippen molar-refractivity contribution in [3.05, 3.63) is 23.7 Å². The van der Waals surface area contributed by atoms with E-state index < -0.39 is 0 Å². The fourth-order valence-corrected chi connectivity index (χ4v) is 2.11. The van der Waals surface area contributed by atoms with Gasteiger partial charge in [0.25, 0.3) is 0 Å². The standard InChI is InChI=1S/C13H22N6/c1-9(2)18-7-6-10(16-18)8-19-11(13(3,4)5)12(14)15-17-19/h6-7,9H,8,14H2,1-5H3. The highest BCUT2D eigenvalue weighted by Crippen LogP contribution is 2.26. The van der Waals surface area contributed by atoms with Gasteiger partial charge in [0.1, 0.15) is 0 Å². The van der Waals surface area contributed by atoms with Gasteiger partial charge in [0.05, 0.1) is 17.9 Å². The first-order valence-corrected chi connectivity index (χ1v) is 6.52. The third-order valence-corrected chi connectivity index (χ3v) is 2.98. The van der Waals surface area contributed by atoms with Crippen LogP contribution in [0.5, 0.6) is 0 Å². The summed E-state index contributed by atoms with van der Waals surface area (Å²) in [5.74, 6) is 0.496. The van der Waals surface area contributed by atoms with Crippen LogP contribution >= 0.6 is 0 Å². The maximum absolute atomic E-state index is 5.91. The molecule has 0 aliphatic rings. The summed E-state index contributed by atoms with van der Waals surface area (Å²) in [5, 5.41) is 12.6. The molecule has 0 radical (unpaired) electrons. The van der Waals surface area contributed by atoms with Crippen molar-refractivity contribution in [3.63, 3.8) is 0 Å². The maximum Gasteiger partial charge on any atom is 0.169 e. The summed E-state index contributed by atoms with van der Waals surface area (Å²) in [7, 11) is 0. The normalized spacial score (nSPS) is 12.3. The van der Waals surface area contributed by atoms with Crippen molar-refractivity contribution in [2.24, 2.45) is 0 Å². The molecule has 0 atom stereocenters. The van der Waals surface area contributed by atoms with E-state index in [-0.39, 0.29) is 5.41 Å². The summed E-state index contributed by atoms with van der Waals surface area (Å²) in [6.45, 7) is 11.1. The number of hydrogen-bond acceptors (Lipinski definition) is 4. The number of hydrogen-bond donors (Lipinski definition) is 1. The molecule has 2 N–H and O–H groups in total. The molecule has 6 nitrogen and oxygen atoms in total. The summed E-state index contributed by atoms with van der Waals surface area (Å²) >= 11 is 0. The van der Waals surface area contributed by atoms with Gasteiger partial charge in [0.15, 0.2) is 5.82 Å². The minimum absolute atomic E-state index is 0.0891. The Labute approximate surface area is 113 Å². The molecule has 0 fully saturated rings. The van der Waals surface area contributed by atoms with Crippen LogP contribution in [0, 0.1) is 0 Å². The van der Waals surface area contributed by atoms with Crippen molar-refractivity contribution >= 4 is 5.82 Å². The molecule has 2 heterocycles. The van der Waals surface area contributed by atoms with Crippen molar-refractivity contribution in [1.29, 1.82) is 0 Å². The predicted molar refractivity (Wildman–Crippen MR) is 74.8 cm³/mol. The fourth-order valence-electron chi connectivity index (χ4n) is 2.11. The maximum atomic E-state index is 5.91. The lowest BCUT2D eigenvalue weighted by Crippen LogP contribution is -2.20. The van der Waals surface area contributed by atoms with E-state index in [1.807, 2.05) is 21.6 Å². The van der Waals surface area contributed by atoms with E-state index in [4.69, 9.17) is 5.73 Å². The number of nitrogen functional groups attached to an aromatic ring is 1. The van der Waals surface area contributed by atoms with Crippen LogP contribution in [0.4, 0.5) is 5.82 Å². The van der Waals surface area contributed by atoms with E-state index in [1.54, 1.807) is 0 Å². The van der Waals surface area contributed by atoms with Crippen molar-refractivity contribution in [3.8, 4) is 0 Å². The minimum Gasteiger partial charge on any atom is -0.381 e. The first kappa shape index (κ1) is 13.6. The number of anilines is 1. The van der Waals surface area contributed by atoms with Crippen molar-refractivity contribution in [1.82, 2.24) is 24.8 Å². The van der Waals surface area contributed by atoms with E-state index in [1.165, 1.54) is 0 Å². The van der Waals surface area contributed by atoms with Crippen LogP contribution in [0.15, 0.2) is 12.3 Å². The molecule has 0 saturated heterocycles. The Kier molecular flexibility index (Phi) is 3.34. The van der Waals surface area contributed by atoms with Crippen molar-refractivity contribution in [2.45, 2.75) is 52.6 Å². The highest BCUT2D eigenvalue weighted by molar-refractivity contribution is 5.38. The van der Waals surface area contributed by atoms with Gasteiger partial charge >= 0.3 is 0 Å². The average Bonchev–Trinajstić information content (AvgIpc) is 2.85. The minimum atomic E-state index is -0.0891. The topological polar surface area (TPSA) is 74.5 Å². The molecule has 0 aromatic carbocycles. The first-order chi connectivity index (χ1) is 8.79. The molecular formula is C13H22N6. The van der Waals surface area contributed by atoms with E-state index >= 15 is 0 Å². The number of nitrogens with zero attached hydrogens (tertiary/aromatic N) is 5. The van der Waals surface area contributed by atoms with E-state index in [9.17, 15) is 0 Å². The summed E-state index contributed by atoms with van der Waals surface area (Å²) in [5.41, 5.74) is 7.74. The van der Waals surface area contributed by atoms with E-state index in [2.05, 4.69) is 50.0 Å². The van der Waals surface area contributed by atoms with Gasteiger partial charge < -0.3 is 5.73 Å². The Morgan fingerprint density at radius 3 is 2.53 bits per heavy atom. The second-order valence-corrected chi connectivity index (χ2v) is 6.11. The van der Waals surface area contributed by atoms with Crippen molar-refractivity contribution in [2.75, 3.05) is 5.73 Å². The Morgan fingerprint density at radius 2 is 2.00 bits per heavy atom.